The van der Waals surface area contributed by atoms with Crippen LogP contribution in [0.5, 0.6) is 5.75 Å². The van der Waals surface area contributed by atoms with Crippen LogP contribution in [-0.4, -0.2) is 53.4 Å². The summed E-state index contributed by atoms with van der Waals surface area (Å²) in [5.41, 5.74) is 5.91. The SMILES string of the molecule is CC(COC(=O)C(O)c1ccc(O)cc1)OC(=O)CNC(=O)C(N)C(C)C. The van der Waals surface area contributed by atoms with Crippen LogP contribution in [0.1, 0.15) is 32.4 Å². The van der Waals surface area contributed by atoms with Gasteiger partial charge in [-0.25, -0.2) is 4.79 Å². The number of aliphatic hydroxyl groups excluding tert-OH is 1. The molecule has 1 rings (SSSR count). The molecule has 0 aliphatic carbocycles. The number of nitrogens with two attached hydrogens (primary N) is 1. The molecular formula is C18H26N2O7. The number of rotatable bonds is 9. The zero-order valence-corrected chi connectivity index (χ0v) is 15.5. The average Bonchev–Trinajstić information content (AvgIpc) is 2.63. The van der Waals surface area contributed by atoms with Crippen LogP contribution >= 0.6 is 0 Å². The van der Waals surface area contributed by atoms with Crippen LogP contribution in [0.25, 0.3) is 0 Å². The highest BCUT2D eigenvalue weighted by molar-refractivity contribution is 5.85. The van der Waals surface area contributed by atoms with Gasteiger partial charge in [0.2, 0.25) is 5.91 Å². The maximum Gasteiger partial charge on any atom is 0.339 e. The monoisotopic (exact) mass is 382 g/mol. The molecule has 0 saturated heterocycles. The standard InChI is InChI=1S/C18H26N2O7/c1-10(2)15(19)17(24)20-8-14(22)27-11(3)9-26-18(25)16(23)12-4-6-13(21)7-5-12/h4-7,10-11,15-16,21,23H,8-9,19H2,1-3H3,(H,20,24). The quantitative estimate of drug-likeness (QED) is 0.436. The zero-order chi connectivity index (χ0) is 20.6. The average molecular weight is 382 g/mol. The third kappa shape index (κ3) is 7.63. The van der Waals surface area contributed by atoms with Crippen molar-refractivity contribution >= 4 is 17.8 Å². The Kier molecular flexibility index (Phi) is 8.70. The Morgan fingerprint density at radius 3 is 2.30 bits per heavy atom. The van der Waals surface area contributed by atoms with Gasteiger partial charge < -0.3 is 30.7 Å². The number of nitrogens with one attached hydrogen (secondary N) is 1. The Morgan fingerprint density at radius 1 is 1.15 bits per heavy atom. The summed E-state index contributed by atoms with van der Waals surface area (Å²) in [7, 11) is 0. The van der Waals surface area contributed by atoms with E-state index in [9.17, 15) is 24.6 Å². The van der Waals surface area contributed by atoms with Crippen LogP contribution in [0.15, 0.2) is 24.3 Å². The van der Waals surface area contributed by atoms with E-state index in [1.807, 2.05) is 0 Å². The van der Waals surface area contributed by atoms with Gasteiger partial charge in [0.15, 0.2) is 6.10 Å². The van der Waals surface area contributed by atoms with E-state index in [0.29, 0.717) is 0 Å². The van der Waals surface area contributed by atoms with Gasteiger partial charge >= 0.3 is 11.9 Å². The first kappa shape index (κ1) is 22.4. The maximum absolute atomic E-state index is 11.8. The lowest BCUT2D eigenvalue weighted by atomic mass is 10.1. The molecule has 1 amide bonds. The summed E-state index contributed by atoms with van der Waals surface area (Å²) in [5, 5.41) is 21.5. The molecule has 9 heteroatoms. The molecular weight excluding hydrogens is 356 g/mol. The molecule has 150 valence electrons. The molecule has 1 aromatic rings. The Hall–Kier alpha value is -2.65. The Bertz CT molecular complexity index is 646. The lowest BCUT2D eigenvalue weighted by molar-refractivity contribution is -0.163. The molecule has 0 fully saturated rings. The van der Waals surface area contributed by atoms with Crippen molar-refractivity contribution in [3.8, 4) is 5.75 Å². The minimum atomic E-state index is -1.52. The van der Waals surface area contributed by atoms with Gasteiger partial charge in [-0.1, -0.05) is 26.0 Å². The summed E-state index contributed by atoms with van der Waals surface area (Å²) in [4.78, 5) is 35.2. The molecule has 5 N–H and O–H groups in total. The molecule has 0 aliphatic heterocycles. The molecule has 0 bridgehead atoms. The number of benzene rings is 1. The number of amides is 1. The highest BCUT2D eigenvalue weighted by atomic mass is 16.6. The molecule has 0 saturated carbocycles. The van der Waals surface area contributed by atoms with Crippen LogP contribution in [0.2, 0.25) is 0 Å². The molecule has 3 unspecified atom stereocenters. The fourth-order valence-electron chi connectivity index (χ4n) is 1.95. The number of phenolic OH excluding ortho intramolecular Hbond substituents is 1. The van der Waals surface area contributed by atoms with Crippen molar-refractivity contribution in [1.29, 1.82) is 0 Å². The third-order valence-electron chi connectivity index (χ3n) is 3.65. The first-order chi connectivity index (χ1) is 12.6. The zero-order valence-electron chi connectivity index (χ0n) is 15.5. The fraction of sp³-hybridized carbons (Fsp3) is 0.500. The molecule has 0 aromatic heterocycles. The second-order valence-electron chi connectivity index (χ2n) is 6.41. The Balaban J connectivity index is 2.36. The molecule has 3 atom stereocenters. The van der Waals surface area contributed by atoms with E-state index >= 15 is 0 Å². The fourth-order valence-corrected chi connectivity index (χ4v) is 1.95. The largest absolute Gasteiger partial charge is 0.508 e. The van der Waals surface area contributed by atoms with E-state index in [2.05, 4.69) is 5.32 Å². The van der Waals surface area contributed by atoms with Gasteiger partial charge in [-0.15, -0.1) is 0 Å². The second-order valence-corrected chi connectivity index (χ2v) is 6.41. The molecule has 9 nitrogen and oxygen atoms in total. The predicted octanol–water partition coefficient (Wildman–Crippen LogP) is 0. The number of carbonyl (C=O) groups is 3. The van der Waals surface area contributed by atoms with E-state index in [1.54, 1.807) is 13.8 Å². The van der Waals surface area contributed by atoms with Gasteiger partial charge in [0.25, 0.3) is 0 Å². The molecule has 0 aliphatic rings. The number of ether oxygens (including phenoxy) is 2. The number of phenols is 1. The van der Waals surface area contributed by atoms with Crippen molar-refractivity contribution in [1.82, 2.24) is 5.32 Å². The summed E-state index contributed by atoms with van der Waals surface area (Å²) in [6.45, 7) is 4.45. The lowest BCUT2D eigenvalue weighted by Crippen LogP contribution is -2.46. The van der Waals surface area contributed by atoms with Gasteiger partial charge in [-0.3, -0.25) is 9.59 Å². The highest BCUT2D eigenvalue weighted by Gasteiger charge is 2.22. The second kappa shape index (κ2) is 10.5. The van der Waals surface area contributed by atoms with Crippen molar-refractivity contribution in [2.45, 2.75) is 39.0 Å². The molecule has 0 radical (unpaired) electrons. The van der Waals surface area contributed by atoms with Gasteiger partial charge in [-0.05, 0) is 30.5 Å². The minimum Gasteiger partial charge on any atom is -0.508 e. The Labute approximate surface area is 157 Å². The van der Waals surface area contributed by atoms with Crippen LogP contribution < -0.4 is 11.1 Å². The number of esters is 2. The summed E-state index contributed by atoms with van der Waals surface area (Å²) < 4.78 is 9.92. The normalized spacial score (nSPS) is 14.1. The summed E-state index contributed by atoms with van der Waals surface area (Å²) in [6.07, 6.45) is -2.30. The lowest BCUT2D eigenvalue weighted by Gasteiger charge is -2.17. The van der Waals surface area contributed by atoms with Crippen molar-refractivity contribution < 1.29 is 34.1 Å². The van der Waals surface area contributed by atoms with Crippen molar-refractivity contribution in [3.63, 3.8) is 0 Å². The van der Waals surface area contributed by atoms with Crippen molar-refractivity contribution in [2.75, 3.05) is 13.2 Å². The maximum atomic E-state index is 11.8. The first-order valence-corrected chi connectivity index (χ1v) is 8.48. The van der Waals surface area contributed by atoms with E-state index in [0.717, 1.165) is 0 Å². The Morgan fingerprint density at radius 2 is 1.74 bits per heavy atom. The van der Waals surface area contributed by atoms with Crippen molar-refractivity contribution in [3.05, 3.63) is 29.8 Å². The summed E-state index contributed by atoms with van der Waals surface area (Å²) in [6, 6.07) is 4.70. The van der Waals surface area contributed by atoms with Gasteiger partial charge in [0, 0.05) is 0 Å². The van der Waals surface area contributed by atoms with Gasteiger partial charge in [0.1, 0.15) is 25.0 Å². The third-order valence-corrected chi connectivity index (χ3v) is 3.65. The topological polar surface area (TPSA) is 148 Å². The van der Waals surface area contributed by atoms with E-state index < -0.39 is 36.1 Å². The minimum absolute atomic E-state index is 0.00120. The first-order valence-electron chi connectivity index (χ1n) is 8.48. The number of hydrogen-bond acceptors (Lipinski definition) is 8. The number of carbonyl (C=O) groups excluding carboxylic acids is 3. The van der Waals surface area contributed by atoms with Gasteiger partial charge in [0.05, 0.1) is 6.04 Å². The van der Waals surface area contributed by atoms with Crippen LogP contribution in [0, 0.1) is 5.92 Å². The van der Waals surface area contributed by atoms with Crippen LogP contribution in [0.4, 0.5) is 0 Å². The number of aliphatic hydroxyl groups is 1. The molecule has 1 aromatic carbocycles. The van der Waals surface area contributed by atoms with E-state index in [4.69, 9.17) is 15.2 Å². The van der Waals surface area contributed by atoms with Crippen LogP contribution in [-0.2, 0) is 23.9 Å². The number of aromatic hydroxyl groups is 1. The number of hydrogen-bond donors (Lipinski definition) is 4. The summed E-state index contributed by atoms with van der Waals surface area (Å²) in [5.74, 6) is -2.15. The smallest absolute Gasteiger partial charge is 0.339 e. The van der Waals surface area contributed by atoms with Crippen molar-refractivity contribution in [2.24, 2.45) is 11.7 Å². The van der Waals surface area contributed by atoms with E-state index in [-0.39, 0.29) is 30.4 Å². The molecule has 0 heterocycles. The summed E-state index contributed by atoms with van der Waals surface area (Å²) >= 11 is 0. The van der Waals surface area contributed by atoms with E-state index in [1.165, 1.54) is 31.2 Å². The van der Waals surface area contributed by atoms with Crippen LogP contribution in [0.3, 0.4) is 0 Å². The molecule has 27 heavy (non-hydrogen) atoms. The van der Waals surface area contributed by atoms with Gasteiger partial charge in [-0.2, -0.15) is 0 Å². The predicted molar refractivity (Wildman–Crippen MR) is 95.4 cm³/mol. The highest BCUT2D eigenvalue weighted by Crippen LogP contribution is 2.18. The molecule has 0 spiro atoms.